The molecule has 1 fully saturated rings. The van der Waals surface area contributed by atoms with Crippen LogP contribution in [0.4, 0.5) is 0 Å². The highest BCUT2D eigenvalue weighted by Crippen LogP contribution is 2.31. The fourth-order valence-corrected chi connectivity index (χ4v) is 2.67. The minimum absolute atomic E-state index is 0.102. The first-order chi connectivity index (χ1) is 10.2. The highest BCUT2D eigenvalue weighted by Gasteiger charge is 2.35. The lowest BCUT2D eigenvalue weighted by Gasteiger charge is -2.22. The molecule has 3 rings (SSSR count). The minimum atomic E-state index is -0.102. The lowest BCUT2D eigenvalue weighted by molar-refractivity contribution is -0.119. The van der Waals surface area contributed by atoms with Gasteiger partial charge in [-0.25, -0.2) is 0 Å². The quantitative estimate of drug-likeness (QED) is 0.935. The third kappa shape index (κ3) is 3.07. The zero-order valence-electron chi connectivity index (χ0n) is 12.1. The Balaban J connectivity index is 1.66. The number of ether oxygens (including phenoxy) is 1. The Morgan fingerprint density at radius 2 is 1.81 bits per heavy atom. The maximum atomic E-state index is 11.4. The number of hydrogen-bond donors (Lipinski definition) is 1. The van der Waals surface area contributed by atoms with Gasteiger partial charge < -0.3 is 10.1 Å². The van der Waals surface area contributed by atoms with Crippen LogP contribution >= 0.6 is 0 Å². The summed E-state index contributed by atoms with van der Waals surface area (Å²) in [5, 5.41) is 2.90. The Bertz CT molecular complexity index is 621. The van der Waals surface area contributed by atoms with Crippen molar-refractivity contribution < 1.29 is 9.53 Å². The summed E-state index contributed by atoms with van der Waals surface area (Å²) >= 11 is 0. The number of hydrogen-bond acceptors (Lipinski definition) is 2. The number of benzene rings is 2. The number of nitrogens with one attached hydrogen (secondary N) is 1. The maximum absolute atomic E-state index is 11.4. The van der Waals surface area contributed by atoms with E-state index in [1.807, 2.05) is 42.5 Å². The molecular formula is C18H19NO2. The van der Waals surface area contributed by atoms with E-state index >= 15 is 0 Å². The molecule has 1 N–H and O–H groups in total. The lowest BCUT2D eigenvalue weighted by Crippen LogP contribution is -2.24. The first-order valence-electron chi connectivity index (χ1n) is 7.20. The van der Waals surface area contributed by atoms with Gasteiger partial charge in [0.05, 0.1) is 0 Å². The van der Waals surface area contributed by atoms with Gasteiger partial charge in [0.25, 0.3) is 0 Å². The van der Waals surface area contributed by atoms with E-state index in [9.17, 15) is 4.79 Å². The highest BCUT2D eigenvalue weighted by atomic mass is 16.5. The van der Waals surface area contributed by atoms with Gasteiger partial charge in [-0.05, 0) is 23.3 Å². The summed E-state index contributed by atoms with van der Waals surface area (Å²) in [4.78, 5) is 11.4. The summed E-state index contributed by atoms with van der Waals surface area (Å²) in [6.07, 6.45) is 0.553. The molecule has 21 heavy (non-hydrogen) atoms. The number of carbonyl (C=O) groups is 1. The van der Waals surface area contributed by atoms with Crippen LogP contribution in [0.2, 0.25) is 0 Å². The molecule has 108 valence electrons. The normalized spacial score (nSPS) is 21.1. The van der Waals surface area contributed by atoms with E-state index in [0.717, 1.165) is 11.3 Å². The summed E-state index contributed by atoms with van der Waals surface area (Å²) in [6, 6.07) is 18.2. The molecule has 0 saturated carbocycles. The SMILES string of the molecule is CC1(c2ccc(OCc3ccccc3)cc2)CNC(=O)C1. The second kappa shape index (κ2) is 5.60. The molecule has 1 unspecified atom stereocenters. The molecular weight excluding hydrogens is 262 g/mol. The van der Waals surface area contributed by atoms with Gasteiger partial charge in [-0.2, -0.15) is 0 Å². The summed E-state index contributed by atoms with van der Waals surface area (Å²) in [7, 11) is 0. The zero-order valence-corrected chi connectivity index (χ0v) is 12.1. The van der Waals surface area contributed by atoms with E-state index in [-0.39, 0.29) is 11.3 Å². The van der Waals surface area contributed by atoms with Crippen LogP contribution in [-0.4, -0.2) is 12.5 Å². The van der Waals surface area contributed by atoms with Crippen molar-refractivity contribution in [3.05, 3.63) is 65.7 Å². The van der Waals surface area contributed by atoms with Crippen molar-refractivity contribution in [3.8, 4) is 5.75 Å². The predicted octanol–water partition coefficient (Wildman–Crippen LogP) is 3.04. The minimum Gasteiger partial charge on any atom is -0.489 e. The van der Waals surface area contributed by atoms with Crippen LogP contribution in [0.1, 0.15) is 24.5 Å². The molecule has 0 aliphatic carbocycles. The highest BCUT2D eigenvalue weighted by molar-refractivity contribution is 5.80. The molecule has 0 spiro atoms. The van der Waals surface area contributed by atoms with E-state index in [4.69, 9.17) is 4.74 Å². The molecule has 1 aliphatic rings. The van der Waals surface area contributed by atoms with Crippen LogP contribution in [0.15, 0.2) is 54.6 Å². The van der Waals surface area contributed by atoms with Crippen molar-refractivity contribution in [1.29, 1.82) is 0 Å². The van der Waals surface area contributed by atoms with Crippen LogP contribution in [0.25, 0.3) is 0 Å². The largest absolute Gasteiger partial charge is 0.489 e. The monoisotopic (exact) mass is 281 g/mol. The summed E-state index contributed by atoms with van der Waals surface area (Å²) < 4.78 is 5.78. The number of rotatable bonds is 4. The predicted molar refractivity (Wildman–Crippen MR) is 82.2 cm³/mol. The second-order valence-electron chi connectivity index (χ2n) is 5.81. The number of amides is 1. The smallest absolute Gasteiger partial charge is 0.220 e. The lowest BCUT2D eigenvalue weighted by atomic mass is 9.82. The van der Waals surface area contributed by atoms with E-state index in [1.54, 1.807) is 0 Å². The Hall–Kier alpha value is -2.29. The van der Waals surface area contributed by atoms with Gasteiger partial charge in [-0.3, -0.25) is 4.79 Å². The molecule has 2 aromatic carbocycles. The molecule has 1 saturated heterocycles. The van der Waals surface area contributed by atoms with Crippen molar-refractivity contribution in [2.75, 3.05) is 6.54 Å². The first kappa shape index (κ1) is 13.7. The molecule has 3 nitrogen and oxygen atoms in total. The van der Waals surface area contributed by atoms with Gasteiger partial charge in [0.1, 0.15) is 12.4 Å². The van der Waals surface area contributed by atoms with Gasteiger partial charge in [-0.1, -0.05) is 49.4 Å². The van der Waals surface area contributed by atoms with Crippen LogP contribution in [0.3, 0.4) is 0 Å². The third-order valence-corrected chi connectivity index (χ3v) is 4.03. The van der Waals surface area contributed by atoms with Crippen molar-refractivity contribution in [1.82, 2.24) is 5.32 Å². The molecule has 2 aromatic rings. The first-order valence-corrected chi connectivity index (χ1v) is 7.20. The van der Waals surface area contributed by atoms with Crippen molar-refractivity contribution in [2.24, 2.45) is 0 Å². The Kier molecular flexibility index (Phi) is 3.65. The third-order valence-electron chi connectivity index (χ3n) is 4.03. The zero-order chi connectivity index (χ0) is 14.7. The standard InChI is InChI=1S/C18H19NO2/c1-18(11-17(20)19-13-18)15-7-9-16(10-8-15)21-12-14-5-3-2-4-6-14/h2-10H,11-13H2,1H3,(H,19,20). The Morgan fingerprint density at radius 1 is 1.10 bits per heavy atom. The molecule has 1 atom stereocenters. The molecule has 0 radical (unpaired) electrons. The molecule has 0 bridgehead atoms. The van der Waals surface area contributed by atoms with Crippen LogP contribution in [0, 0.1) is 0 Å². The average molecular weight is 281 g/mol. The van der Waals surface area contributed by atoms with E-state index in [1.165, 1.54) is 5.56 Å². The fourth-order valence-electron chi connectivity index (χ4n) is 2.67. The summed E-state index contributed by atoms with van der Waals surface area (Å²) in [5.74, 6) is 0.977. The van der Waals surface area contributed by atoms with Crippen molar-refractivity contribution in [3.63, 3.8) is 0 Å². The summed E-state index contributed by atoms with van der Waals surface area (Å²) in [5.41, 5.74) is 2.22. The topological polar surface area (TPSA) is 38.3 Å². The molecule has 3 heteroatoms. The van der Waals surface area contributed by atoms with Crippen molar-refractivity contribution >= 4 is 5.91 Å². The molecule has 0 aromatic heterocycles. The van der Waals surface area contributed by atoms with Crippen molar-refractivity contribution in [2.45, 2.75) is 25.4 Å². The van der Waals surface area contributed by atoms with Gasteiger partial charge in [0.15, 0.2) is 0 Å². The maximum Gasteiger partial charge on any atom is 0.220 e. The number of carbonyl (C=O) groups excluding carboxylic acids is 1. The van der Waals surface area contributed by atoms with E-state index in [0.29, 0.717) is 19.6 Å². The van der Waals surface area contributed by atoms with Gasteiger partial charge >= 0.3 is 0 Å². The molecule has 1 heterocycles. The fraction of sp³-hybridized carbons (Fsp3) is 0.278. The van der Waals surface area contributed by atoms with Gasteiger partial charge in [-0.15, -0.1) is 0 Å². The van der Waals surface area contributed by atoms with Gasteiger partial charge in [0, 0.05) is 18.4 Å². The van der Waals surface area contributed by atoms with E-state index < -0.39 is 0 Å². The summed E-state index contributed by atoms with van der Waals surface area (Å²) in [6.45, 7) is 3.39. The Morgan fingerprint density at radius 3 is 2.43 bits per heavy atom. The molecule has 1 aliphatic heterocycles. The average Bonchev–Trinajstić information content (AvgIpc) is 2.87. The Labute approximate surface area is 124 Å². The van der Waals surface area contributed by atoms with Crippen LogP contribution < -0.4 is 10.1 Å². The second-order valence-corrected chi connectivity index (χ2v) is 5.81. The van der Waals surface area contributed by atoms with Crippen LogP contribution in [0.5, 0.6) is 5.75 Å². The van der Waals surface area contributed by atoms with Gasteiger partial charge in [0.2, 0.25) is 5.91 Å². The molecule has 1 amide bonds. The van der Waals surface area contributed by atoms with Crippen LogP contribution in [-0.2, 0) is 16.8 Å². The van der Waals surface area contributed by atoms with E-state index in [2.05, 4.69) is 24.4 Å².